The number of nitrogens with one attached hydrogen (secondary N) is 1. The molecule has 4 heteroatoms. The lowest BCUT2D eigenvalue weighted by atomic mass is 10.1. The molecule has 13 heavy (non-hydrogen) atoms. The first-order chi connectivity index (χ1) is 6.07. The van der Waals surface area contributed by atoms with Gasteiger partial charge in [0.1, 0.15) is 6.04 Å². The predicted molar refractivity (Wildman–Crippen MR) is 43.6 cm³/mol. The van der Waals surface area contributed by atoms with Crippen LogP contribution in [-0.2, 0) is 6.42 Å². The molecule has 0 aromatic heterocycles. The van der Waals surface area contributed by atoms with Crippen LogP contribution in [0.15, 0.2) is 24.3 Å². The summed E-state index contributed by atoms with van der Waals surface area (Å²) in [6.45, 7) is 0. The third-order valence-corrected chi connectivity index (χ3v) is 2.17. The smallest absolute Gasteiger partial charge is 0.373 e. The summed E-state index contributed by atoms with van der Waals surface area (Å²) < 4.78 is 36.8. The Morgan fingerprint density at radius 1 is 1.23 bits per heavy atom. The van der Waals surface area contributed by atoms with Gasteiger partial charge in [0.05, 0.1) is 0 Å². The Labute approximate surface area is 73.6 Å². The summed E-state index contributed by atoms with van der Waals surface area (Å²) in [5, 5.41) is 2.45. The van der Waals surface area contributed by atoms with Crippen molar-refractivity contribution >= 4 is 5.69 Å². The highest BCUT2D eigenvalue weighted by Gasteiger charge is 2.42. The summed E-state index contributed by atoms with van der Waals surface area (Å²) in [5.74, 6) is 0. The second kappa shape index (κ2) is 2.65. The molecule has 1 aliphatic heterocycles. The minimum Gasteiger partial charge on any atom is -0.373 e. The van der Waals surface area contributed by atoms with E-state index in [1.165, 1.54) is 0 Å². The van der Waals surface area contributed by atoms with Crippen molar-refractivity contribution in [3.63, 3.8) is 0 Å². The molecule has 0 spiro atoms. The van der Waals surface area contributed by atoms with Crippen LogP contribution in [0.3, 0.4) is 0 Å². The Morgan fingerprint density at radius 2 is 1.92 bits per heavy atom. The molecule has 1 nitrogen and oxygen atoms in total. The second-order valence-electron chi connectivity index (χ2n) is 3.10. The van der Waals surface area contributed by atoms with E-state index in [9.17, 15) is 13.2 Å². The van der Waals surface area contributed by atoms with E-state index < -0.39 is 12.2 Å². The van der Waals surface area contributed by atoms with E-state index in [0.29, 0.717) is 5.69 Å². The minimum atomic E-state index is -4.15. The van der Waals surface area contributed by atoms with Crippen LogP contribution in [0, 0.1) is 0 Å². The van der Waals surface area contributed by atoms with Crippen molar-refractivity contribution in [1.29, 1.82) is 0 Å². The second-order valence-corrected chi connectivity index (χ2v) is 3.10. The van der Waals surface area contributed by atoms with Gasteiger partial charge in [0, 0.05) is 12.1 Å². The molecule has 70 valence electrons. The molecular weight excluding hydrogens is 179 g/mol. The van der Waals surface area contributed by atoms with Crippen molar-refractivity contribution in [2.75, 3.05) is 5.32 Å². The fraction of sp³-hybridized carbons (Fsp3) is 0.333. The number of anilines is 1. The quantitative estimate of drug-likeness (QED) is 0.658. The molecule has 1 atom stereocenters. The summed E-state index contributed by atoms with van der Waals surface area (Å²) in [7, 11) is 0. The molecule has 0 aliphatic carbocycles. The van der Waals surface area contributed by atoms with Gasteiger partial charge in [-0.2, -0.15) is 13.2 Å². The van der Waals surface area contributed by atoms with Crippen molar-refractivity contribution in [1.82, 2.24) is 0 Å². The Hall–Kier alpha value is -1.19. The van der Waals surface area contributed by atoms with Crippen molar-refractivity contribution in [2.45, 2.75) is 18.6 Å². The molecule has 1 aromatic carbocycles. The zero-order valence-electron chi connectivity index (χ0n) is 6.73. The standard InChI is InChI=1S/C9H8F3N/c10-9(11,12)8-5-6-3-1-2-4-7(6)13-8/h1-4,8,13H,5H2/t8-/m1/s1. The lowest BCUT2D eigenvalue weighted by Gasteiger charge is -2.14. The van der Waals surface area contributed by atoms with Crippen LogP contribution < -0.4 is 5.32 Å². The van der Waals surface area contributed by atoms with Gasteiger partial charge >= 0.3 is 6.18 Å². The van der Waals surface area contributed by atoms with E-state index in [0.717, 1.165) is 5.56 Å². The summed E-state index contributed by atoms with van der Waals surface area (Å²) >= 11 is 0. The van der Waals surface area contributed by atoms with Crippen molar-refractivity contribution in [3.8, 4) is 0 Å². The lowest BCUT2D eigenvalue weighted by Crippen LogP contribution is -2.34. The van der Waals surface area contributed by atoms with Crippen LogP contribution in [0.1, 0.15) is 5.56 Å². The molecule has 0 amide bonds. The van der Waals surface area contributed by atoms with Gasteiger partial charge in [0.15, 0.2) is 0 Å². The number of benzene rings is 1. The molecule has 2 rings (SSSR count). The first-order valence-electron chi connectivity index (χ1n) is 3.98. The Bertz CT molecular complexity index is 294. The van der Waals surface area contributed by atoms with Gasteiger partial charge in [0.25, 0.3) is 0 Å². The molecular formula is C9H8F3N. The van der Waals surface area contributed by atoms with Gasteiger partial charge in [-0.3, -0.25) is 0 Å². The third-order valence-electron chi connectivity index (χ3n) is 2.17. The van der Waals surface area contributed by atoms with E-state index in [1.54, 1.807) is 24.3 Å². The molecule has 0 radical (unpaired) electrons. The summed E-state index contributed by atoms with van der Waals surface area (Å²) in [6, 6.07) is 5.45. The Morgan fingerprint density at radius 3 is 2.54 bits per heavy atom. The average Bonchev–Trinajstić information content (AvgIpc) is 2.45. The highest BCUT2D eigenvalue weighted by atomic mass is 19.4. The molecule has 1 heterocycles. The van der Waals surface area contributed by atoms with E-state index in [-0.39, 0.29) is 6.42 Å². The number of alkyl halides is 3. The maximum Gasteiger partial charge on any atom is 0.408 e. The highest BCUT2D eigenvalue weighted by Crippen LogP contribution is 2.33. The average molecular weight is 187 g/mol. The molecule has 1 aliphatic rings. The van der Waals surface area contributed by atoms with Crippen LogP contribution in [0.2, 0.25) is 0 Å². The van der Waals surface area contributed by atoms with Crippen molar-refractivity contribution in [3.05, 3.63) is 29.8 Å². The van der Waals surface area contributed by atoms with Crippen LogP contribution in [0.5, 0.6) is 0 Å². The molecule has 0 bridgehead atoms. The summed E-state index contributed by atoms with van der Waals surface area (Å²) in [4.78, 5) is 0. The third kappa shape index (κ3) is 1.48. The summed E-state index contributed by atoms with van der Waals surface area (Å²) in [6.07, 6.45) is -4.11. The molecule has 0 saturated heterocycles. The van der Waals surface area contributed by atoms with E-state index in [4.69, 9.17) is 0 Å². The van der Waals surface area contributed by atoms with Crippen molar-refractivity contribution in [2.24, 2.45) is 0 Å². The number of para-hydroxylation sites is 1. The van der Waals surface area contributed by atoms with Gasteiger partial charge in [-0.1, -0.05) is 18.2 Å². The van der Waals surface area contributed by atoms with Gasteiger partial charge in [-0.25, -0.2) is 0 Å². The van der Waals surface area contributed by atoms with E-state index >= 15 is 0 Å². The first-order valence-corrected chi connectivity index (χ1v) is 3.98. The largest absolute Gasteiger partial charge is 0.408 e. The van der Waals surface area contributed by atoms with E-state index in [2.05, 4.69) is 5.32 Å². The maximum absolute atomic E-state index is 12.3. The molecule has 1 aromatic rings. The maximum atomic E-state index is 12.3. The lowest BCUT2D eigenvalue weighted by molar-refractivity contribution is -0.140. The zero-order valence-corrected chi connectivity index (χ0v) is 6.73. The van der Waals surface area contributed by atoms with Crippen LogP contribution in [0.25, 0.3) is 0 Å². The fourth-order valence-corrected chi connectivity index (χ4v) is 1.50. The van der Waals surface area contributed by atoms with Crippen molar-refractivity contribution < 1.29 is 13.2 Å². The first kappa shape index (κ1) is 8.41. The Balaban J connectivity index is 2.23. The number of rotatable bonds is 0. The van der Waals surface area contributed by atoms with Crippen LogP contribution in [-0.4, -0.2) is 12.2 Å². The number of halogens is 3. The number of hydrogen-bond acceptors (Lipinski definition) is 1. The topological polar surface area (TPSA) is 12.0 Å². The molecule has 0 saturated carbocycles. The zero-order chi connectivity index (χ0) is 9.47. The number of fused-ring (bicyclic) bond motifs is 1. The van der Waals surface area contributed by atoms with Gasteiger partial charge in [0.2, 0.25) is 0 Å². The Kier molecular flexibility index (Phi) is 1.71. The van der Waals surface area contributed by atoms with Gasteiger partial charge in [-0.05, 0) is 11.6 Å². The molecule has 1 N–H and O–H groups in total. The molecule has 0 unspecified atom stereocenters. The fourth-order valence-electron chi connectivity index (χ4n) is 1.50. The normalized spacial score (nSPS) is 21.0. The minimum absolute atomic E-state index is 0.0413. The number of hydrogen-bond donors (Lipinski definition) is 1. The summed E-state index contributed by atoms with van der Waals surface area (Å²) in [5.41, 5.74) is 1.34. The van der Waals surface area contributed by atoms with E-state index in [1.807, 2.05) is 0 Å². The van der Waals surface area contributed by atoms with Crippen LogP contribution in [0.4, 0.5) is 18.9 Å². The monoisotopic (exact) mass is 187 g/mol. The highest BCUT2D eigenvalue weighted by molar-refractivity contribution is 5.56. The predicted octanol–water partition coefficient (Wildman–Crippen LogP) is 2.59. The molecule has 0 fully saturated rings. The SMILES string of the molecule is FC(F)(F)[C@H]1Cc2ccccc2N1. The van der Waals surface area contributed by atoms with Gasteiger partial charge < -0.3 is 5.32 Å². The van der Waals surface area contributed by atoms with Gasteiger partial charge in [-0.15, -0.1) is 0 Å². The van der Waals surface area contributed by atoms with Crippen LogP contribution >= 0.6 is 0 Å².